The van der Waals surface area contributed by atoms with Crippen molar-refractivity contribution >= 4 is 21.9 Å². The number of carbonyl (C=O) groups excluding carboxylic acids is 1. The molecule has 0 radical (unpaired) electrons. The molecule has 0 saturated heterocycles. The van der Waals surface area contributed by atoms with Gasteiger partial charge in [-0.2, -0.15) is 4.98 Å². The quantitative estimate of drug-likeness (QED) is 0.607. The summed E-state index contributed by atoms with van der Waals surface area (Å²) >= 11 is 3.37. The minimum atomic E-state index is -0.558. The third-order valence-corrected chi connectivity index (χ3v) is 3.15. The van der Waals surface area contributed by atoms with E-state index in [2.05, 4.69) is 32.6 Å². The van der Waals surface area contributed by atoms with Gasteiger partial charge >= 0.3 is 5.97 Å². The molecule has 1 heterocycles. The van der Waals surface area contributed by atoms with Gasteiger partial charge < -0.3 is 9.26 Å². The van der Waals surface area contributed by atoms with E-state index < -0.39 is 11.6 Å². The molecular weight excluding hydrogens is 348 g/mol. The largest absolute Gasteiger partial charge is 0.457 e. The van der Waals surface area contributed by atoms with Crippen LogP contribution in [0.2, 0.25) is 0 Å². The molecule has 2 aromatic rings. The van der Waals surface area contributed by atoms with Gasteiger partial charge in [-0.25, -0.2) is 4.79 Å². The molecular formula is C16H17BrN2O3. The van der Waals surface area contributed by atoms with Crippen LogP contribution in [0.15, 0.2) is 45.4 Å². The van der Waals surface area contributed by atoms with E-state index in [9.17, 15) is 4.79 Å². The lowest BCUT2D eigenvalue weighted by molar-refractivity contribution is -0.150. The van der Waals surface area contributed by atoms with Gasteiger partial charge in [-0.05, 0) is 45.0 Å². The molecule has 0 fully saturated rings. The molecule has 0 bridgehead atoms. The van der Waals surface area contributed by atoms with Crippen LogP contribution in [0.4, 0.5) is 0 Å². The van der Waals surface area contributed by atoms with E-state index in [-0.39, 0.29) is 12.0 Å². The molecule has 0 N–H and O–H groups in total. The molecule has 1 aromatic heterocycles. The first-order valence-electron chi connectivity index (χ1n) is 6.74. The standard InChI is InChI=1S/C16H17BrN2O3/c1-10(15(20)21-16(2,3)4)9-13-18-14(19-22-13)11-5-7-12(17)8-6-11/h5-8H,1,9H2,2-4H3. The number of hydrogen-bond acceptors (Lipinski definition) is 5. The highest BCUT2D eigenvalue weighted by Crippen LogP contribution is 2.20. The molecule has 1 aromatic carbocycles. The maximum Gasteiger partial charge on any atom is 0.334 e. The van der Waals surface area contributed by atoms with Crippen molar-refractivity contribution in [3.63, 3.8) is 0 Å². The van der Waals surface area contributed by atoms with Crippen LogP contribution in [-0.2, 0) is 16.0 Å². The van der Waals surface area contributed by atoms with Crippen LogP contribution in [0.1, 0.15) is 26.7 Å². The van der Waals surface area contributed by atoms with Crippen LogP contribution in [0.5, 0.6) is 0 Å². The number of aromatic nitrogens is 2. The van der Waals surface area contributed by atoms with Gasteiger partial charge in [0.1, 0.15) is 5.60 Å². The van der Waals surface area contributed by atoms with Gasteiger partial charge in [0.05, 0.1) is 6.42 Å². The van der Waals surface area contributed by atoms with Crippen molar-refractivity contribution in [3.8, 4) is 11.4 Å². The summed E-state index contributed by atoms with van der Waals surface area (Å²) in [4.78, 5) is 16.1. The number of ether oxygens (including phenoxy) is 1. The smallest absolute Gasteiger partial charge is 0.334 e. The lowest BCUT2D eigenvalue weighted by Crippen LogP contribution is -2.25. The predicted octanol–water partition coefficient (Wildman–Crippen LogP) is 3.94. The van der Waals surface area contributed by atoms with E-state index in [0.717, 1.165) is 10.0 Å². The molecule has 0 spiro atoms. The number of rotatable bonds is 4. The van der Waals surface area contributed by atoms with Gasteiger partial charge in [-0.1, -0.05) is 27.7 Å². The Balaban J connectivity index is 2.04. The van der Waals surface area contributed by atoms with E-state index in [1.54, 1.807) is 20.8 Å². The first-order chi connectivity index (χ1) is 10.2. The average molecular weight is 365 g/mol. The maximum absolute atomic E-state index is 11.9. The Morgan fingerprint density at radius 2 is 1.95 bits per heavy atom. The normalized spacial score (nSPS) is 11.3. The van der Waals surface area contributed by atoms with Gasteiger partial charge in [0.25, 0.3) is 0 Å². The Morgan fingerprint density at radius 1 is 1.32 bits per heavy atom. The van der Waals surface area contributed by atoms with Crippen LogP contribution in [0, 0.1) is 0 Å². The van der Waals surface area contributed by atoms with Crippen LogP contribution in [0.3, 0.4) is 0 Å². The second-order valence-electron chi connectivity index (χ2n) is 5.80. The second-order valence-corrected chi connectivity index (χ2v) is 6.72. The summed E-state index contributed by atoms with van der Waals surface area (Å²) in [7, 11) is 0. The number of esters is 1. The number of hydrogen-bond donors (Lipinski definition) is 0. The fourth-order valence-electron chi connectivity index (χ4n) is 1.65. The number of nitrogens with zero attached hydrogens (tertiary/aromatic N) is 2. The Bertz CT molecular complexity index is 684. The average Bonchev–Trinajstić information content (AvgIpc) is 2.86. The van der Waals surface area contributed by atoms with Crippen LogP contribution < -0.4 is 0 Å². The highest BCUT2D eigenvalue weighted by molar-refractivity contribution is 9.10. The molecule has 0 amide bonds. The van der Waals surface area contributed by atoms with Crippen molar-refractivity contribution in [1.82, 2.24) is 10.1 Å². The molecule has 0 aliphatic carbocycles. The molecule has 0 atom stereocenters. The van der Waals surface area contributed by atoms with Crippen molar-refractivity contribution < 1.29 is 14.1 Å². The Morgan fingerprint density at radius 3 is 2.55 bits per heavy atom. The zero-order valence-corrected chi connectivity index (χ0v) is 14.3. The monoisotopic (exact) mass is 364 g/mol. The minimum Gasteiger partial charge on any atom is -0.457 e. The van der Waals surface area contributed by atoms with Crippen molar-refractivity contribution in [3.05, 3.63) is 46.8 Å². The lowest BCUT2D eigenvalue weighted by Gasteiger charge is -2.19. The van der Waals surface area contributed by atoms with Crippen molar-refractivity contribution in [2.45, 2.75) is 32.8 Å². The SMILES string of the molecule is C=C(Cc1nc(-c2ccc(Br)cc2)no1)C(=O)OC(C)(C)C. The van der Waals surface area contributed by atoms with Crippen molar-refractivity contribution in [2.75, 3.05) is 0 Å². The summed E-state index contributed by atoms with van der Waals surface area (Å²) < 4.78 is 11.4. The van der Waals surface area contributed by atoms with Crippen LogP contribution in [0.25, 0.3) is 11.4 Å². The third-order valence-electron chi connectivity index (χ3n) is 2.62. The lowest BCUT2D eigenvalue weighted by atomic mass is 10.1. The summed E-state index contributed by atoms with van der Waals surface area (Å²) in [5.41, 5.74) is 0.555. The van der Waals surface area contributed by atoms with E-state index >= 15 is 0 Å². The van der Waals surface area contributed by atoms with E-state index in [4.69, 9.17) is 9.26 Å². The van der Waals surface area contributed by atoms with E-state index in [1.165, 1.54) is 0 Å². The summed E-state index contributed by atoms with van der Waals surface area (Å²) in [5, 5.41) is 3.91. The van der Waals surface area contributed by atoms with Gasteiger partial charge in [0.2, 0.25) is 11.7 Å². The molecule has 0 aliphatic heterocycles. The Labute approximate surface area is 137 Å². The summed E-state index contributed by atoms with van der Waals surface area (Å²) in [5.74, 6) is 0.337. The fraction of sp³-hybridized carbons (Fsp3) is 0.312. The molecule has 0 aliphatic rings. The first-order valence-corrected chi connectivity index (χ1v) is 7.53. The minimum absolute atomic E-state index is 0.165. The molecule has 0 unspecified atom stereocenters. The number of benzene rings is 1. The second kappa shape index (κ2) is 6.44. The first kappa shape index (κ1) is 16.4. The van der Waals surface area contributed by atoms with Gasteiger partial charge in [-0.3, -0.25) is 0 Å². The number of halogens is 1. The summed E-state index contributed by atoms with van der Waals surface area (Å²) in [6.07, 6.45) is 0.165. The zero-order valence-electron chi connectivity index (χ0n) is 12.7. The van der Waals surface area contributed by atoms with Gasteiger partial charge in [-0.15, -0.1) is 0 Å². The molecule has 0 saturated carbocycles. The molecule has 6 heteroatoms. The molecule has 5 nitrogen and oxygen atoms in total. The number of carbonyl (C=O) groups is 1. The van der Waals surface area contributed by atoms with Crippen molar-refractivity contribution in [2.24, 2.45) is 0 Å². The van der Waals surface area contributed by atoms with E-state index in [1.807, 2.05) is 24.3 Å². The van der Waals surface area contributed by atoms with E-state index in [0.29, 0.717) is 11.7 Å². The molecule has 2 rings (SSSR count). The Hall–Kier alpha value is -1.95. The fourth-order valence-corrected chi connectivity index (χ4v) is 1.91. The van der Waals surface area contributed by atoms with Gasteiger partial charge in [0, 0.05) is 15.6 Å². The highest BCUT2D eigenvalue weighted by Gasteiger charge is 2.20. The van der Waals surface area contributed by atoms with Gasteiger partial charge in [0.15, 0.2) is 0 Å². The Kier molecular flexibility index (Phi) is 4.81. The third kappa shape index (κ3) is 4.53. The molecule has 22 heavy (non-hydrogen) atoms. The highest BCUT2D eigenvalue weighted by atomic mass is 79.9. The van der Waals surface area contributed by atoms with Crippen molar-refractivity contribution in [1.29, 1.82) is 0 Å². The topological polar surface area (TPSA) is 65.2 Å². The maximum atomic E-state index is 11.9. The zero-order chi connectivity index (χ0) is 16.3. The molecule has 116 valence electrons. The summed E-state index contributed by atoms with van der Waals surface area (Å²) in [6, 6.07) is 7.54. The van der Waals surface area contributed by atoms with Crippen LogP contribution >= 0.6 is 15.9 Å². The summed E-state index contributed by atoms with van der Waals surface area (Å²) in [6.45, 7) is 9.13. The van der Waals surface area contributed by atoms with Crippen LogP contribution in [-0.4, -0.2) is 21.7 Å². The predicted molar refractivity (Wildman–Crippen MR) is 86.1 cm³/mol.